The molecule has 0 unspecified atom stereocenters. The van der Waals surface area contributed by atoms with Gasteiger partial charge in [0.1, 0.15) is 0 Å². The van der Waals surface area contributed by atoms with Gasteiger partial charge in [-0.25, -0.2) is 0 Å². The van der Waals surface area contributed by atoms with Gasteiger partial charge in [0.05, 0.1) is 16.1 Å². The number of nitro benzene ring substituents is 1. The van der Waals surface area contributed by atoms with E-state index in [-0.39, 0.29) is 29.2 Å². The van der Waals surface area contributed by atoms with Crippen molar-refractivity contribution in [2.24, 2.45) is 0 Å². The molecule has 2 aromatic rings. The maximum atomic E-state index is 12.6. The number of hydrogen-bond donors (Lipinski definition) is 2. The van der Waals surface area contributed by atoms with Gasteiger partial charge < -0.3 is 10.6 Å². The van der Waals surface area contributed by atoms with Crippen LogP contribution in [0.15, 0.2) is 52.3 Å². The minimum absolute atomic E-state index is 0.0164. The van der Waals surface area contributed by atoms with Gasteiger partial charge in [-0.05, 0) is 45.9 Å². The Labute approximate surface area is 168 Å². The van der Waals surface area contributed by atoms with E-state index in [1.54, 1.807) is 24.3 Å². The first-order valence-electron chi connectivity index (χ1n) is 8.86. The molecule has 2 rings (SSSR count). The Balaban J connectivity index is 2.45. The molecular weight excluding hydrogens is 378 g/mol. The van der Waals surface area contributed by atoms with E-state index in [1.165, 1.54) is 30.0 Å². The van der Waals surface area contributed by atoms with Crippen LogP contribution in [-0.4, -0.2) is 28.8 Å². The maximum absolute atomic E-state index is 12.6. The Morgan fingerprint density at radius 3 is 2.00 bits per heavy atom. The topological polar surface area (TPSA) is 101 Å². The first-order valence-corrected chi connectivity index (χ1v) is 9.67. The van der Waals surface area contributed by atoms with Gasteiger partial charge in [0, 0.05) is 34.0 Å². The van der Waals surface area contributed by atoms with Gasteiger partial charge in [-0.15, -0.1) is 0 Å². The minimum atomic E-state index is -0.537. The monoisotopic (exact) mass is 401 g/mol. The van der Waals surface area contributed by atoms with Gasteiger partial charge in [0.2, 0.25) is 0 Å². The Hall–Kier alpha value is -2.87. The quantitative estimate of drug-likeness (QED) is 0.539. The lowest BCUT2D eigenvalue weighted by Gasteiger charge is -2.14. The standard InChI is InChI=1S/C20H23N3O4S/c1-12(2)21-19(24)15-7-5-6-8-17(15)28-18-10-9-14(23(26)27)11-16(18)20(25)22-13(3)4/h5-13H,1-4H3,(H,21,24)(H,22,25). The summed E-state index contributed by atoms with van der Waals surface area (Å²) in [6.45, 7) is 7.37. The summed E-state index contributed by atoms with van der Waals surface area (Å²) in [5, 5.41) is 16.7. The summed E-state index contributed by atoms with van der Waals surface area (Å²) in [4.78, 5) is 36.8. The summed E-state index contributed by atoms with van der Waals surface area (Å²) in [6, 6.07) is 11.1. The van der Waals surface area contributed by atoms with E-state index < -0.39 is 10.8 Å². The number of nitro groups is 1. The molecule has 28 heavy (non-hydrogen) atoms. The van der Waals surface area contributed by atoms with Crippen molar-refractivity contribution in [2.75, 3.05) is 0 Å². The summed E-state index contributed by atoms with van der Waals surface area (Å²) in [5.74, 6) is -0.612. The molecule has 0 saturated heterocycles. The van der Waals surface area contributed by atoms with Crippen LogP contribution in [0, 0.1) is 10.1 Å². The highest BCUT2D eigenvalue weighted by Gasteiger charge is 2.20. The number of nitrogens with one attached hydrogen (secondary N) is 2. The van der Waals surface area contributed by atoms with Crippen LogP contribution in [0.3, 0.4) is 0 Å². The molecule has 0 heterocycles. The summed E-state index contributed by atoms with van der Waals surface area (Å²) < 4.78 is 0. The van der Waals surface area contributed by atoms with Gasteiger partial charge in [0.25, 0.3) is 17.5 Å². The molecule has 0 aliphatic rings. The van der Waals surface area contributed by atoms with Crippen LogP contribution in [0.2, 0.25) is 0 Å². The predicted molar refractivity (Wildman–Crippen MR) is 109 cm³/mol. The van der Waals surface area contributed by atoms with E-state index in [0.29, 0.717) is 15.4 Å². The molecule has 0 atom stereocenters. The Bertz CT molecular complexity index is 897. The minimum Gasteiger partial charge on any atom is -0.350 e. The van der Waals surface area contributed by atoms with Gasteiger partial charge >= 0.3 is 0 Å². The van der Waals surface area contributed by atoms with Crippen LogP contribution in [0.4, 0.5) is 5.69 Å². The highest BCUT2D eigenvalue weighted by Crippen LogP contribution is 2.34. The van der Waals surface area contributed by atoms with Gasteiger partial charge in [-0.3, -0.25) is 19.7 Å². The number of amides is 2. The molecule has 0 fully saturated rings. The second kappa shape index (κ2) is 9.36. The van der Waals surface area contributed by atoms with Crippen molar-refractivity contribution in [1.29, 1.82) is 0 Å². The van der Waals surface area contributed by atoms with Crippen molar-refractivity contribution in [3.05, 3.63) is 63.7 Å². The van der Waals surface area contributed by atoms with Crippen LogP contribution in [0.1, 0.15) is 48.4 Å². The smallest absolute Gasteiger partial charge is 0.270 e. The average molecular weight is 401 g/mol. The zero-order valence-electron chi connectivity index (χ0n) is 16.2. The molecule has 8 heteroatoms. The number of rotatable bonds is 7. The van der Waals surface area contributed by atoms with E-state index in [1.807, 2.05) is 27.7 Å². The molecule has 0 aromatic heterocycles. The lowest BCUT2D eigenvalue weighted by Crippen LogP contribution is -2.31. The molecule has 0 spiro atoms. The van der Waals surface area contributed by atoms with Crippen molar-refractivity contribution < 1.29 is 14.5 Å². The van der Waals surface area contributed by atoms with Crippen molar-refractivity contribution in [1.82, 2.24) is 10.6 Å². The fraction of sp³-hybridized carbons (Fsp3) is 0.300. The maximum Gasteiger partial charge on any atom is 0.270 e. The molecule has 0 aliphatic carbocycles. The van der Waals surface area contributed by atoms with Crippen LogP contribution in [0.5, 0.6) is 0 Å². The second-order valence-corrected chi connectivity index (χ2v) is 7.88. The van der Waals surface area contributed by atoms with E-state index in [0.717, 1.165) is 0 Å². The van der Waals surface area contributed by atoms with E-state index >= 15 is 0 Å². The number of carbonyl (C=O) groups excluding carboxylic acids is 2. The van der Waals surface area contributed by atoms with E-state index in [9.17, 15) is 19.7 Å². The van der Waals surface area contributed by atoms with Crippen LogP contribution in [0.25, 0.3) is 0 Å². The third-order valence-corrected chi connectivity index (χ3v) is 4.76. The van der Waals surface area contributed by atoms with Crippen LogP contribution < -0.4 is 10.6 Å². The first-order chi connectivity index (χ1) is 13.2. The number of carbonyl (C=O) groups is 2. The third kappa shape index (κ3) is 5.56. The SMILES string of the molecule is CC(C)NC(=O)c1ccccc1Sc1ccc([N+](=O)[O-])cc1C(=O)NC(C)C. The van der Waals surface area contributed by atoms with Gasteiger partial charge in [-0.1, -0.05) is 23.9 Å². The van der Waals surface area contributed by atoms with Crippen LogP contribution in [-0.2, 0) is 0 Å². The molecular formula is C20H23N3O4S. The molecule has 7 nitrogen and oxygen atoms in total. The van der Waals surface area contributed by atoms with E-state index in [4.69, 9.17) is 0 Å². The summed E-state index contributed by atoms with van der Waals surface area (Å²) in [7, 11) is 0. The Morgan fingerprint density at radius 2 is 1.43 bits per heavy atom. The number of benzene rings is 2. The average Bonchev–Trinajstić information content (AvgIpc) is 2.61. The summed E-state index contributed by atoms with van der Waals surface area (Å²) in [6.07, 6.45) is 0. The predicted octanol–water partition coefficient (Wildman–Crippen LogP) is 4.02. The van der Waals surface area contributed by atoms with Crippen molar-refractivity contribution >= 4 is 29.3 Å². The molecule has 0 radical (unpaired) electrons. The van der Waals surface area contributed by atoms with Gasteiger partial charge in [-0.2, -0.15) is 0 Å². The molecule has 2 aromatic carbocycles. The molecule has 2 amide bonds. The fourth-order valence-corrected chi connectivity index (χ4v) is 3.49. The van der Waals surface area contributed by atoms with Crippen molar-refractivity contribution in [3.8, 4) is 0 Å². The van der Waals surface area contributed by atoms with Gasteiger partial charge in [0.15, 0.2) is 0 Å². The normalized spacial score (nSPS) is 10.8. The lowest BCUT2D eigenvalue weighted by molar-refractivity contribution is -0.384. The molecule has 148 valence electrons. The Kier molecular flexibility index (Phi) is 7.17. The molecule has 0 bridgehead atoms. The zero-order chi connectivity index (χ0) is 20.8. The Morgan fingerprint density at radius 1 is 0.893 bits per heavy atom. The fourth-order valence-electron chi connectivity index (χ4n) is 2.44. The third-order valence-electron chi connectivity index (χ3n) is 3.61. The summed E-state index contributed by atoms with van der Waals surface area (Å²) in [5.41, 5.74) is 0.519. The number of non-ortho nitro benzene ring substituents is 1. The van der Waals surface area contributed by atoms with E-state index in [2.05, 4.69) is 10.6 Å². The molecule has 2 N–H and O–H groups in total. The summed E-state index contributed by atoms with van der Waals surface area (Å²) >= 11 is 1.23. The molecule has 0 saturated carbocycles. The zero-order valence-corrected chi connectivity index (χ0v) is 17.0. The van der Waals surface area contributed by atoms with Crippen LogP contribution >= 0.6 is 11.8 Å². The largest absolute Gasteiger partial charge is 0.350 e. The van der Waals surface area contributed by atoms with Crippen molar-refractivity contribution in [3.63, 3.8) is 0 Å². The second-order valence-electron chi connectivity index (χ2n) is 6.79. The number of nitrogens with zero attached hydrogens (tertiary/aromatic N) is 1. The molecule has 0 aliphatic heterocycles. The number of hydrogen-bond acceptors (Lipinski definition) is 5. The lowest BCUT2D eigenvalue weighted by atomic mass is 10.1. The highest BCUT2D eigenvalue weighted by molar-refractivity contribution is 7.99. The highest BCUT2D eigenvalue weighted by atomic mass is 32.2. The van der Waals surface area contributed by atoms with Crippen molar-refractivity contribution in [2.45, 2.75) is 49.6 Å². The first kappa shape index (κ1) is 21.4.